The van der Waals surface area contributed by atoms with Gasteiger partial charge in [-0.05, 0) is 42.8 Å². The molecule has 0 aliphatic heterocycles. The smallest absolute Gasteiger partial charge is 0.0606 e. The molecule has 0 fully saturated rings. The fourth-order valence-corrected chi connectivity index (χ4v) is 2.97. The first kappa shape index (κ1) is 15.7. The lowest BCUT2D eigenvalue weighted by molar-refractivity contribution is 0.631. The molecule has 0 bridgehead atoms. The Morgan fingerprint density at radius 2 is 1.65 bits per heavy atom. The Kier molecular flexibility index (Phi) is 5.34. The molecule has 1 nitrogen and oxygen atoms in total. The van der Waals surface area contributed by atoms with Gasteiger partial charge in [-0.2, -0.15) is 0 Å². The summed E-state index contributed by atoms with van der Waals surface area (Å²) in [7, 11) is 0. The zero-order valence-electron chi connectivity index (χ0n) is 11.4. The van der Waals surface area contributed by atoms with E-state index in [2.05, 4.69) is 5.32 Å². The van der Waals surface area contributed by atoms with Gasteiger partial charge in [0.05, 0.1) is 6.04 Å². The van der Waals surface area contributed by atoms with Crippen LogP contribution >= 0.6 is 34.8 Å². The van der Waals surface area contributed by atoms with Gasteiger partial charge in [0.15, 0.2) is 0 Å². The highest BCUT2D eigenvalue weighted by atomic mass is 35.5. The molecule has 2 rings (SSSR count). The maximum atomic E-state index is 6.32. The second-order valence-electron chi connectivity index (χ2n) is 4.63. The molecule has 4 heteroatoms. The summed E-state index contributed by atoms with van der Waals surface area (Å²) >= 11 is 18.9. The first-order valence-electron chi connectivity index (χ1n) is 6.48. The highest BCUT2D eigenvalue weighted by Crippen LogP contribution is 2.35. The second kappa shape index (κ2) is 6.82. The molecular formula is C16H16Cl3N. The minimum absolute atomic E-state index is 0.0701. The summed E-state index contributed by atoms with van der Waals surface area (Å²) in [4.78, 5) is 0. The highest BCUT2D eigenvalue weighted by molar-refractivity contribution is 6.36. The van der Waals surface area contributed by atoms with Gasteiger partial charge in [0, 0.05) is 20.6 Å². The van der Waals surface area contributed by atoms with E-state index in [0.717, 1.165) is 28.3 Å². The Labute approximate surface area is 134 Å². The van der Waals surface area contributed by atoms with Gasteiger partial charge in [0.1, 0.15) is 0 Å². The summed E-state index contributed by atoms with van der Waals surface area (Å²) in [6, 6.07) is 11.5. The largest absolute Gasteiger partial charge is 0.306 e. The Hall–Kier alpha value is -0.730. The summed E-state index contributed by atoms with van der Waals surface area (Å²) < 4.78 is 0. The molecule has 2 aromatic carbocycles. The first-order valence-corrected chi connectivity index (χ1v) is 7.61. The van der Waals surface area contributed by atoms with E-state index in [9.17, 15) is 0 Å². The van der Waals surface area contributed by atoms with E-state index in [1.165, 1.54) is 0 Å². The summed E-state index contributed by atoms with van der Waals surface area (Å²) in [6.45, 7) is 4.84. The van der Waals surface area contributed by atoms with Crippen molar-refractivity contribution in [3.8, 4) is 0 Å². The molecule has 0 spiro atoms. The van der Waals surface area contributed by atoms with Crippen LogP contribution in [0.5, 0.6) is 0 Å². The standard InChI is InChI=1S/C16H16Cl3N/c1-3-20-16(11-8-7-10(2)14(19)9-11)15-12(17)5-4-6-13(15)18/h4-9,16,20H,3H2,1-2H3. The van der Waals surface area contributed by atoms with Crippen molar-refractivity contribution in [1.82, 2.24) is 5.32 Å². The first-order chi connectivity index (χ1) is 9.54. The summed E-state index contributed by atoms with van der Waals surface area (Å²) in [5.74, 6) is 0. The molecular weight excluding hydrogens is 313 g/mol. The van der Waals surface area contributed by atoms with Crippen molar-refractivity contribution in [2.45, 2.75) is 19.9 Å². The summed E-state index contributed by atoms with van der Waals surface area (Å²) in [5, 5.41) is 5.47. The third-order valence-corrected chi connectivity index (χ3v) is 4.29. The second-order valence-corrected chi connectivity index (χ2v) is 5.86. The lowest BCUT2D eigenvalue weighted by Gasteiger charge is -2.22. The van der Waals surface area contributed by atoms with Crippen LogP contribution in [0.1, 0.15) is 29.7 Å². The van der Waals surface area contributed by atoms with Crippen molar-refractivity contribution in [1.29, 1.82) is 0 Å². The molecule has 0 saturated heterocycles. The van der Waals surface area contributed by atoms with E-state index in [4.69, 9.17) is 34.8 Å². The SMILES string of the molecule is CCNC(c1ccc(C)c(Cl)c1)c1c(Cl)cccc1Cl. The molecule has 1 atom stereocenters. The molecule has 2 aromatic rings. The van der Waals surface area contributed by atoms with Crippen LogP contribution in [-0.4, -0.2) is 6.54 Å². The molecule has 20 heavy (non-hydrogen) atoms. The van der Waals surface area contributed by atoms with Gasteiger partial charge in [-0.3, -0.25) is 0 Å². The van der Waals surface area contributed by atoms with Crippen molar-refractivity contribution >= 4 is 34.8 Å². The fraction of sp³-hybridized carbons (Fsp3) is 0.250. The van der Waals surface area contributed by atoms with Crippen molar-refractivity contribution in [2.75, 3.05) is 6.54 Å². The number of nitrogens with one attached hydrogen (secondary N) is 1. The third-order valence-electron chi connectivity index (χ3n) is 3.23. The van der Waals surface area contributed by atoms with Gasteiger partial charge in [0.2, 0.25) is 0 Å². The minimum Gasteiger partial charge on any atom is -0.306 e. The van der Waals surface area contributed by atoms with Crippen LogP contribution in [0.25, 0.3) is 0 Å². The molecule has 0 saturated carbocycles. The summed E-state index contributed by atoms with van der Waals surface area (Å²) in [6.07, 6.45) is 0. The van der Waals surface area contributed by atoms with E-state index in [1.54, 1.807) is 0 Å². The predicted octanol–water partition coefficient (Wildman–Crippen LogP) is 5.65. The van der Waals surface area contributed by atoms with Gasteiger partial charge in [-0.1, -0.05) is 59.9 Å². The number of hydrogen-bond acceptors (Lipinski definition) is 1. The Bertz CT molecular complexity index is 590. The van der Waals surface area contributed by atoms with Crippen molar-refractivity contribution in [3.63, 3.8) is 0 Å². The molecule has 0 radical (unpaired) electrons. The van der Waals surface area contributed by atoms with E-state index < -0.39 is 0 Å². The van der Waals surface area contributed by atoms with Crippen LogP contribution in [0, 0.1) is 6.92 Å². The average Bonchev–Trinajstić information content (AvgIpc) is 2.41. The molecule has 0 aromatic heterocycles. The lowest BCUT2D eigenvalue weighted by Crippen LogP contribution is -2.22. The van der Waals surface area contributed by atoms with Crippen molar-refractivity contribution in [2.24, 2.45) is 0 Å². The van der Waals surface area contributed by atoms with E-state index in [0.29, 0.717) is 10.0 Å². The zero-order valence-corrected chi connectivity index (χ0v) is 13.7. The number of benzene rings is 2. The Balaban J connectivity index is 2.53. The van der Waals surface area contributed by atoms with E-state index in [1.807, 2.05) is 50.2 Å². The van der Waals surface area contributed by atoms with Crippen LogP contribution in [0.3, 0.4) is 0 Å². The van der Waals surface area contributed by atoms with Gasteiger partial charge in [-0.15, -0.1) is 0 Å². The predicted molar refractivity (Wildman–Crippen MR) is 88.2 cm³/mol. The Morgan fingerprint density at radius 3 is 2.20 bits per heavy atom. The molecule has 0 heterocycles. The zero-order chi connectivity index (χ0) is 14.7. The number of hydrogen-bond donors (Lipinski definition) is 1. The molecule has 1 unspecified atom stereocenters. The summed E-state index contributed by atoms with van der Waals surface area (Å²) in [5.41, 5.74) is 2.99. The quantitative estimate of drug-likeness (QED) is 0.764. The van der Waals surface area contributed by atoms with Crippen LogP contribution in [0.2, 0.25) is 15.1 Å². The van der Waals surface area contributed by atoms with Crippen molar-refractivity contribution in [3.05, 3.63) is 68.2 Å². The minimum atomic E-state index is -0.0701. The molecule has 0 aliphatic carbocycles. The maximum Gasteiger partial charge on any atom is 0.0606 e. The van der Waals surface area contributed by atoms with Crippen LogP contribution in [-0.2, 0) is 0 Å². The topological polar surface area (TPSA) is 12.0 Å². The van der Waals surface area contributed by atoms with E-state index in [-0.39, 0.29) is 6.04 Å². The normalized spacial score (nSPS) is 12.4. The highest BCUT2D eigenvalue weighted by Gasteiger charge is 2.19. The molecule has 0 amide bonds. The molecule has 1 N–H and O–H groups in total. The lowest BCUT2D eigenvalue weighted by atomic mass is 9.97. The third kappa shape index (κ3) is 3.29. The van der Waals surface area contributed by atoms with Gasteiger partial charge in [-0.25, -0.2) is 0 Å². The molecule has 106 valence electrons. The van der Waals surface area contributed by atoms with Gasteiger partial charge >= 0.3 is 0 Å². The number of halogens is 3. The van der Waals surface area contributed by atoms with E-state index >= 15 is 0 Å². The van der Waals surface area contributed by atoms with Crippen LogP contribution in [0.4, 0.5) is 0 Å². The van der Waals surface area contributed by atoms with Crippen LogP contribution in [0.15, 0.2) is 36.4 Å². The number of rotatable bonds is 4. The number of aryl methyl sites for hydroxylation is 1. The molecule has 0 aliphatic rings. The average molecular weight is 329 g/mol. The maximum absolute atomic E-state index is 6.32. The Morgan fingerprint density at radius 1 is 1.00 bits per heavy atom. The fourth-order valence-electron chi connectivity index (χ4n) is 2.17. The van der Waals surface area contributed by atoms with Gasteiger partial charge < -0.3 is 5.32 Å². The monoisotopic (exact) mass is 327 g/mol. The van der Waals surface area contributed by atoms with Crippen molar-refractivity contribution < 1.29 is 0 Å². The van der Waals surface area contributed by atoms with Gasteiger partial charge in [0.25, 0.3) is 0 Å². The van der Waals surface area contributed by atoms with Crippen LogP contribution < -0.4 is 5.32 Å².